The molecule has 1 N–H and O–H groups in total. The van der Waals surface area contributed by atoms with Crippen LogP contribution in [0, 0.1) is 0 Å². The molecule has 1 atom stereocenters. The lowest BCUT2D eigenvalue weighted by Gasteiger charge is -1.87. The molecule has 0 aliphatic rings. The van der Waals surface area contributed by atoms with Crippen molar-refractivity contribution in [3.8, 4) is 0 Å². The van der Waals surface area contributed by atoms with Gasteiger partial charge >= 0.3 is 8.25 Å². The summed E-state index contributed by atoms with van der Waals surface area (Å²) in [5, 5.41) is 0. The summed E-state index contributed by atoms with van der Waals surface area (Å²) in [7, 11) is -2.49. The maximum Gasteiger partial charge on any atom is 0.343 e. The quantitative estimate of drug-likeness (QED) is 0.215. The maximum absolute atomic E-state index is 9.46. The lowest BCUT2D eigenvalue weighted by molar-refractivity contribution is -0.0947. The normalized spacial score (nSPS) is 14.8. The average Bonchev–Trinajstić information content (AvgIpc) is 1.35. The molecule has 0 saturated heterocycles. The molecule has 0 aliphatic carbocycles. The third-order valence-corrected chi connectivity index (χ3v) is 0.964. The van der Waals surface area contributed by atoms with Crippen molar-refractivity contribution in [2.75, 3.05) is 0 Å². The molecule has 0 spiro atoms. The number of hydrogen-bond acceptors (Lipinski definition) is 3. The highest BCUT2D eigenvalue weighted by Crippen LogP contribution is 2.12. The predicted molar refractivity (Wildman–Crippen MR) is 23.3 cm³/mol. The van der Waals surface area contributed by atoms with Crippen LogP contribution in [0.15, 0.2) is 0 Å². The van der Waals surface area contributed by atoms with Gasteiger partial charge in [-0.25, -0.2) is 0 Å². The zero-order chi connectivity index (χ0) is 4.99. The molecular weight excluding hydrogens is 123 g/mol. The van der Waals surface area contributed by atoms with Gasteiger partial charge in [0.25, 0.3) is 0 Å². The molecule has 0 heterocycles. The lowest BCUT2D eigenvalue weighted by atomic mass is 14.9. The first-order chi connectivity index (χ1) is 2.77. The van der Waals surface area contributed by atoms with Crippen LogP contribution in [-0.4, -0.2) is 15.4 Å². The van der Waals surface area contributed by atoms with Gasteiger partial charge in [0.2, 0.25) is 0 Å². The van der Waals surface area contributed by atoms with E-state index in [2.05, 4.69) is 9.25 Å². The van der Waals surface area contributed by atoms with Gasteiger partial charge in [0.05, 0.1) is 0 Å². The maximum atomic E-state index is 9.46. The van der Waals surface area contributed by atoms with Gasteiger partial charge in [0, 0.05) is 0 Å². The van der Waals surface area contributed by atoms with Crippen LogP contribution in [0.3, 0.4) is 0 Å². The van der Waals surface area contributed by atoms with Crippen molar-refractivity contribution in [3.05, 3.63) is 0 Å². The minimum absolute atomic E-state index is 0.330. The van der Waals surface area contributed by atoms with Crippen LogP contribution >= 0.6 is 8.25 Å². The van der Waals surface area contributed by atoms with Gasteiger partial charge in [-0.05, 0) is 0 Å². The van der Waals surface area contributed by atoms with Crippen LogP contribution in [-0.2, 0) is 13.8 Å². The summed E-state index contributed by atoms with van der Waals surface area (Å²) >= 11 is 0. The largest absolute Gasteiger partial charge is 0.343 e. The van der Waals surface area contributed by atoms with Gasteiger partial charge in [-0.2, -0.15) is 4.67 Å². The molecule has 0 bridgehead atoms. The van der Waals surface area contributed by atoms with Gasteiger partial charge in [-0.15, -0.1) is 0 Å². The summed E-state index contributed by atoms with van der Waals surface area (Å²) in [6.07, 6.45) is 0. The van der Waals surface area contributed by atoms with E-state index in [1.165, 1.54) is 0 Å². The highest BCUT2D eigenvalue weighted by atomic mass is 31.1. The lowest BCUT2D eigenvalue weighted by Crippen LogP contribution is -1.75. The van der Waals surface area contributed by atoms with Crippen molar-refractivity contribution in [1.82, 2.24) is 0 Å². The molecule has 38 valence electrons. The second kappa shape index (κ2) is 3.51. The highest BCUT2D eigenvalue weighted by molar-refractivity contribution is 7.31. The number of rotatable bonds is 2. The summed E-state index contributed by atoms with van der Waals surface area (Å²) in [6, 6.07) is 0. The summed E-state index contributed by atoms with van der Waals surface area (Å²) < 4.78 is 17.1. The van der Waals surface area contributed by atoms with Crippen molar-refractivity contribution in [2.24, 2.45) is 0 Å². The fraction of sp³-hybridized carbons (Fsp3) is 0. The van der Waals surface area contributed by atoms with Crippen LogP contribution in [0.25, 0.3) is 0 Å². The monoisotopic (exact) mass is 128 g/mol. The van der Waals surface area contributed by atoms with E-state index in [-0.39, 0.29) is 0 Å². The van der Waals surface area contributed by atoms with E-state index >= 15 is 0 Å². The molecule has 0 aromatic rings. The van der Waals surface area contributed by atoms with Gasteiger partial charge in [0.1, 0.15) is 0 Å². The van der Waals surface area contributed by atoms with Gasteiger partial charge in [0.15, 0.2) is 10.5 Å². The Morgan fingerprint density at radius 2 is 2.33 bits per heavy atom. The van der Waals surface area contributed by atoms with Crippen molar-refractivity contribution in [3.63, 3.8) is 0 Å². The topological polar surface area (TPSA) is 55.8 Å². The number of hydrogen-bond donors (Lipinski definition) is 1. The van der Waals surface area contributed by atoms with E-state index in [1.54, 1.807) is 0 Å². The third kappa shape index (κ3) is 4.33. The second-order valence-corrected chi connectivity index (χ2v) is 1.55. The zero-order valence-corrected chi connectivity index (χ0v) is 6.17. The standard InChI is InChI=1S/H5O4PSi/c1-5(2)3-4-6/h5H,6H3,(H,1,2). The third-order valence-electron chi connectivity index (χ3n) is 0.155. The van der Waals surface area contributed by atoms with E-state index in [1.807, 2.05) is 0 Å². The molecule has 6 heavy (non-hydrogen) atoms. The van der Waals surface area contributed by atoms with Crippen LogP contribution in [0.4, 0.5) is 0 Å². The Morgan fingerprint density at radius 3 is 2.33 bits per heavy atom. The molecule has 0 rings (SSSR count). The molecule has 0 aromatic heterocycles. The first-order valence-corrected chi connectivity index (χ1v) is 3.29. The van der Waals surface area contributed by atoms with Crippen LogP contribution in [0.1, 0.15) is 0 Å². The Hall–Kier alpha value is 0.327. The molecule has 0 amide bonds. The van der Waals surface area contributed by atoms with E-state index in [0.717, 1.165) is 0 Å². The molecule has 6 heteroatoms. The Morgan fingerprint density at radius 1 is 1.83 bits per heavy atom. The van der Waals surface area contributed by atoms with Crippen molar-refractivity contribution in [1.29, 1.82) is 0 Å². The first kappa shape index (κ1) is 6.33. The van der Waals surface area contributed by atoms with Crippen molar-refractivity contribution >= 4 is 18.7 Å². The summed E-state index contributed by atoms with van der Waals surface area (Å²) in [5.74, 6) is 0. The molecule has 0 fully saturated rings. The Balaban J connectivity index is 2.83. The molecule has 4 nitrogen and oxygen atoms in total. The molecule has 1 unspecified atom stereocenters. The second-order valence-electron chi connectivity index (χ2n) is 0.516. The van der Waals surface area contributed by atoms with Gasteiger partial charge < -0.3 is 4.89 Å². The fourth-order valence-electron chi connectivity index (χ4n) is 0.0713. The Kier molecular flexibility index (Phi) is 3.71. The summed E-state index contributed by atoms with van der Waals surface area (Å²) in [6.45, 7) is 0. The minimum Gasteiger partial charge on any atom is -0.325 e. The molecule has 0 radical (unpaired) electrons. The molecule has 0 aliphatic heterocycles. The predicted octanol–water partition coefficient (Wildman–Crippen LogP) is -1.40. The minimum atomic E-state index is -2.82. The molecule has 0 saturated carbocycles. The fourth-order valence-corrected chi connectivity index (χ4v) is 0.642. The summed E-state index contributed by atoms with van der Waals surface area (Å²) in [4.78, 5) is 7.77. The highest BCUT2D eigenvalue weighted by Gasteiger charge is 1.82. The van der Waals surface area contributed by atoms with Crippen LogP contribution in [0.2, 0.25) is 0 Å². The van der Waals surface area contributed by atoms with E-state index in [4.69, 9.17) is 4.89 Å². The van der Waals surface area contributed by atoms with Gasteiger partial charge in [-0.3, -0.25) is 9.14 Å². The van der Waals surface area contributed by atoms with Crippen LogP contribution in [0.5, 0.6) is 0 Å². The summed E-state index contributed by atoms with van der Waals surface area (Å²) in [5.41, 5.74) is 0. The van der Waals surface area contributed by atoms with Crippen molar-refractivity contribution in [2.45, 2.75) is 0 Å². The van der Waals surface area contributed by atoms with E-state index in [9.17, 15) is 4.57 Å². The molecule has 0 aromatic carbocycles. The zero-order valence-electron chi connectivity index (χ0n) is 3.17. The van der Waals surface area contributed by atoms with Gasteiger partial charge in [-0.1, -0.05) is 0 Å². The SMILES string of the molecule is O=[PH](O)OO[SiH3]. The smallest absolute Gasteiger partial charge is 0.325 e. The van der Waals surface area contributed by atoms with Crippen LogP contribution < -0.4 is 0 Å². The Bertz CT molecular complexity index is 51.5. The van der Waals surface area contributed by atoms with Crippen molar-refractivity contribution < 1.29 is 18.7 Å². The average molecular weight is 128 g/mol. The van der Waals surface area contributed by atoms with E-state index in [0.29, 0.717) is 10.5 Å². The van der Waals surface area contributed by atoms with E-state index < -0.39 is 8.25 Å². The molecular formula is H5O4PSi. The first-order valence-electron chi connectivity index (χ1n) is 1.21. The Labute approximate surface area is 38.5 Å².